The Morgan fingerprint density at radius 2 is 1.18 bits per heavy atom. The maximum Gasteiger partial charge on any atom is 0.469 e. The maximum atomic E-state index is 12.4. The van der Waals surface area contributed by atoms with Crippen LogP contribution in [0.2, 0.25) is 0 Å². The van der Waals surface area contributed by atoms with Gasteiger partial charge in [0, 0.05) is 12.8 Å². The van der Waals surface area contributed by atoms with Gasteiger partial charge >= 0.3 is 19.8 Å². The van der Waals surface area contributed by atoms with Crippen LogP contribution in [0.4, 0.5) is 0 Å². The lowest BCUT2D eigenvalue weighted by molar-refractivity contribution is -0.161. The SMILES string of the molecule is CCCCC/C=C\C/C=C\C/C=C\CCCCC(=O)OC[C@H](COP(=O)(O)O)OC(=O)CCCCCCCC1OC1C/C=C\CCCCC. The molecule has 0 saturated carbocycles. The number of hydrogen-bond donors (Lipinski definition) is 2. The molecule has 1 heterocycles. The second-order valence-electron chi connectivity index (χ2n) is 12.9. The van der Waals surface area contributed by atoms with Crippen molar-refractivity contribution in [3.05, 3.63) is 48.6 Å². The van der Waals surface area contributed by atoms with Crippen molar-refractivity contribution in [1.82, 2.24) is 0 Å². The summed E-state index contributed by atoms with van der Waals surface area (Å²) >= 11 is 0. The van der Waals surface area contributed by atoms with Crippen LogP contribution in [0.3, 0.4) is 0 Å². The third-order valence-corrected chi connectivity index (χ3v) is 8.73. The van der Waals surface area contributed by atoms with Crippen LogP contribution in [0.15, 0.2) is 48.6 Å². The molecule has 3 atom stereocenters. The number of rotatable bonds is 33. The number of ether oxygens (including phenoxy) is 3. The van der Waals surface area contributed by atoms with Crippen molar-refractivity contribution in [2.75, 3.05) is 13.2 Å². The Bertz CT molecular complexity index is 1000. The molecule has 0 aromatic rings. The quantitative estimate of drug-likeness (QED) is 0.0224. The van der Waals surface area contributed by atoms with E-state index >= 15 is 0 Å². The lowest BCUT2D eigenvalue weighted by Crippen LogP contribution is -2.29. The molecule has 0 bridgehead atoms. The smallest absolute Gasteiger partial charge is 0.462 e. The van der Waals surface area contributed by atoms with Crippen LogP contribution in [0.1, 0.15) is 155 Å². The fourth-order valence-corrected chi connectivity index (χ4v) is 5.63. The van der Waals surface area contributed by atoms with Crippen molar-refractivity contribution < 1.29 is 42.7 Å². The molecule has 0 amide bonds. The molecule has 1 rings (SSSR count). The highest BCUT2D eigenvalue weighted by molar-refractivity contribution is 7.46. The van der Waals surface area contributed by atoms with Crippen molar-refractivity contribution in [1.29, 1.82) is 0 Å². The Balaban J connectivity index is 2.14. The van der Waals surface area contributed by atoms with Crippen molar-refractivity contribution in [2.45, 2.75) is 173 Å². The van der Waals surface area contributed by atoms with E-state index in [2.05, 4.69) is 67.0 Å². The molecule has 10 heteroatoms. The Kier molecular flexibility index (Phi) is 28.2. The number of esters is 2. The molecule has 0 aliphatic carbocycles. The fraction of sp³-hybridized carbons (Fsp3) is 0.744. The minimum absolute atomic E-state index is 0.179. The van der Waals surface area contributed by atoms with Gasteiger partial charge in [-0.2, -0.15) is 0 Å². The van der Waals surface area contributed by atoms with E-state index in [-0.39, 0.29) is 19.4 Å². The summed E-state index contributed by atoms with van der Waals surface area (Å²) in [5.41, 5.74) is 0. The molecular formula is C39H67O9P. The first-order chi connectivity index (χ1) is 23.7. The topological polar surface area (TPSA) is 132 Å². The third kappa shape index (κ3) is 30.5. The van der Waals surface area contributed by atoms with Gasteiger partial charge in [0.2, 0.25) is 0 Å². The van der Waals surface area contributed by atoms with Gasteiger partial charge in [-0.1, -0.05) is 114 Å². The molecule has 0 spiro atoms. The van der Waals surface area contributed by atoms with E-state index in [1.165, 1.54) is 38.5 Å². The Labute approximate surface area is 297 Å². The van der Waals surface area contributed by atoms with Crippen molar-refractivity contribution >= 4 is 19.8 Å². The van der Waals surface area contributed by atoms with Gasteiger partial charge in [-0.05, 0) is 77.0 Å². The number of carbonyl (C=O) groups excluding carboxylic acids is 2. The number of carbonyl (C=O) groups is 2. The highest BCUT2D eigenvalue weighted by Gasteiger charge is 2.36. The predicted molar refractivity (Wildman–Crippen MR) is 197 cm³/mol. The van der Waals surface area contributed by atoms with Crippen LogP contribution in [0, 0.1) is 0 Å². The molecule has 2 unspecified atom stereocenters. The molecule has 0 aromatic carbocycles. The third-order valence-electron chi connectivity index (χ3n) is 8.24. The zero-order valence-corrected chi connectivity index (χ0v) is 31.4. The van der Waals surface area contributed by atoms with E-state index in [1.807, 2.05) is 0 Å². The molecule has 0 radical (unpaired) electrons. The van der Waals surface area contributed by atoms with E-state index in [1.54, 1.807) is 0 Å². The van der Waals surface area contributed by atoms with Gasteiger partial charge in [0.1, 0.15) is 6.61 Å². The van der Waals surface area contributed by atoms with E-state index in [0.717, 1.165) is 77.0 Å². The fourth-order valence-electron chi connectivity index (χ4n) is 5.27. The summed E-state index contributed by atoms with van der Waals surface area (Å²) < 4.78 is 32.1. The number of epoxide rings is 1. The van der Waals surface area contributed by atoms with Gasteiger partial charge < -0.3 is 24.0 Å². The van der Waals surface area contributed by atoms with Crippen LogP contribution in [0.25, 0.3) is 0 Å². The minimum atomic E-state index is -4.77. The molecule has 1 aliphatic rings. The normalized spacial score (nSPS) is 17.1. The number of phosphoric acid groups is 1. The van der Waals surface area contributed by atoms with Gasteiger partial charge in [-0.25, -0.2) is 4.57 Å². The maximum absolute atomic E-state index is 12.4. The first-order valence-electron chi connectivity index (χ1n) is 19.1. The van der Waals surface area contributed by atoms with Gasteiger partial charge in [-0.15, -0.1) is 0 Å². The molecule has 9 nitrogen and oxygen atoms in total. The summed E-state index contributed by atoms with van der Waals surface area (Å²) in [4.78, 5) is 42.7. The van der Waals surface area contributed by atoms with Gasteiger partial charge in [-0.3, -0.25) is 14.1 Å². The molecule has 1 fully saturated rings. The molecule has 1 saturated heterocycles. The standard InChI is InChI=1S/C39H67O9P/c1-3-5-7-9-11-12-13-14-15-16-17-18-19-23-27-31-38(40)45-33-35(34-46-49(42,43)44)47-39(41)32-28-24-20-22-26-30-37-36(48-37)29-25-21-10-8-6-4-2/h11-12,14-15,17-18,21,25,35-37H,3-10,13,16,19-20,22-24,26-34H2,1-2H3,(H2,42,43,44)/b12-11-,15-14-,18-17-,25-21-/t35-,36?,37?/m1/s1. The molecule has 2 N–H and O–H groups in total. The zero-order valence-electron chi connectivity index (χ0n) is 30.5. The number of phosphoric ester groups is 1. The summed E-state index contributed by atoms with van der Waals surface area (Å²) in [6, 6.07) is 0. The van der Waals surface area contributed by atoms with Crippen LogP contribution in [0.5, 0.6) is 0 Å². The monoisotopic (exact) mass is 710 g/mol. The van der Waals surface area contributed by atoms with E-state index in [9.17, 15) is 14.2 Å². The van der Waals surface area contributed by atoms with Crippen LogP contribution >= 0.6 is 7.82 Å². The highest BCUT2D eigenvalue weighted by atomic mass is 31.2. The van der Waals surface area contributed by atoms with Crippen LogP contribution in [-0.4, -0.2) is 53.3 Å². The van der Waals surface area contributed by atoms with E-state index in [4.69, 9.17) is 24.0 Å². The minimum Gasteiger partial charge on any atom is -0.462 e. The molecular weight excluding hydrogens is 643 g/mol. The molecule has 282 valence electrons. The lowest BCUT2D eigenvalue weighted by Gasteiger charge is -2.18. The van der Waals surface area contributed by atoms with Crippen LogP contribution < -0.4 is 0 Å². The van der Waals surface area contributed by atoms with E-state index in [0.29, 0.717) is 25.0 Å². The highest BCUT2D eigenvalue weighted by Crippen LogP contribution is 2.36. The summed E-state index contributed by atoms with van der Waals surface area (Å²) in [7, 11) is -4.77. The summed E-state index contributed by atoms with van der Waals surface area (Å²) in [6.45, 7) is 3.55. The van der Waals surface area contributed by atoms with Gasteiger partial charge in [0.15, 0.2) is 6.10 Å². The van der Waals surface area contributed by atoms with Crippen LogP contribution in [-0.2, 0) is 32.9 Å². The molecule has 1 aliphatic heterocycles. The Morgan fingerprint density at radius 3 is 1.82 bits per heavy atom. The summed E-state index contributed by atoms with van der Waals surface area (Å²) in [5.74, 6) is -0.957. The van der Waals surface area contributed by atoms with Gasteiger partial charge in [0.05, 0.1) is 18.8 Å². The van der Waals surface area contributed by atoms with Crippen molar-refractivity contribution in [2.24, 2.45) is 0 Å². The average molecular weight is 711 g/mol. The molecule has 0 aromatic heterocycles. The van der Waals surface area contributed by atoms with Gasteiger partial charge in [0.25, 0.3) is 0 Å². The first kappa shape index (κ1) is 45.0. The lowest BCUT2D eigenvalue weighted by atomic mass is 10.1. The largest absolute Gasteiger partial charge is 0.469 e. The second-order valence-corrected chi connectivity index (χ2v) is 14.2. The number of hydrogen-bond acceptors (Lipinski definition) is 7. The zero-order chi connectivity index (χ0) is 35.8. The number of unbranched alkanes of at least 4 members (excludes halogenated alkanes) is 12. The Hall–Kier alpha value is -2.03. The second kappa shape index (κ2) is 30.8. The predicted octanol–water partition coefficient (Wildman–Crippen LogP) is 10.2. The van der Waals surface area contributed by atoms with Crippen molar-refractivity contribution in [3.8, 4) is 0 Å². The molecule has 49 heavy (non-hydrogen) atoms. The number of allylic oxidation sites excluding steroid dienone is 7. The summed E-state index contributed by atoms with van der Waals surface area (Å²) in [5, 5.41) is 0. The first-order valence-corrected chi connectivity index (χ1v) is 20.6. The average Bonchev–Trinajstić information content (AvgIpc) is 3.82. The summed E-state index contributed by atoms with van der Waals surface area (Å²) in [6.07, 6.45) is 38.5. The van der Waals surface area contributed by atoms with E-state index < -0.39 is 32.5 Å². The van der Waals surface area contributed by atoms with Crippen molar-refractivity contribution in [3.63, 3.8) is 0 Å². The Morgan fingerprint density at radius 1 is 0.653 bits per heavy atom.